The van der Waals surface area contributed by atoms with E-state index in [9.17, 15) is 8.78 Å². The molecule has 0 aromatic carbocycles. The van der Waals surface area contributed by atoms with E-state index in [4.69, 9.17) is 4.74 Å². The summed E-state index contributed by atoms with van der Waals surface area (Å²) in [6.07, 6.45) is 2.90. The van der Waals surface area contributed by atoms with E-state index >= 15 is 0 Å². The highest BCUT2D eigenvalue weighted by molar-refractivity contribution is 5.66. The molecule has 0 spiro atoms. The number of hydrogen-bond donors (Lipinski definition) is 0. The molecule has 0 aromatic heterocycles. The van der Waals surface area contributed by atoms with Crippen molar-refractivity contribution in [1.29, 1.82) is 0 Å². The Kier molecular flexibility index (Phi) is 3.78. The molecule has 1 aliphatic heterocycles. The summed E-state index contributed by atoms with van der Waals surface area (Å²) in [5.74, 6) is -2.81. The monoisotopic (exact) mass is 191 g/mol. The van der Waals surface area contributed by atoms with Crippen molar-refractivity contribution in [2.45, 2.75) is 37.7 Å². The number of halogens is 2. The smallest absolute Gasteiger partial charge is 0.285 e. The Bertz CT molecular complexity index is 176. The van der Waals surface area contributed by atoms with Crippen molar-refractivity contribution in [2.75, 3.05) is 13.7 Å². The number of rotatable bonds is 3. The number of aliphatic imine (C=N–C) groups is 1. The highest BCUT2D eigenvalue weighted by atomic mass is 19.3. The number of alkyl halides is 2. The van der Waals surface area contributed by atoms with E-state index in [1.54, 1.807) is 0 Å². The lowest BCUT2D eigenvalue weighted by Gasteiger charge is -2.24. The van der Waals surface area contributed by atoms with Crippen LogP contribution in [0.25, 0.3) is 0 Å². The zero-order valence-electron chi connectivity index (χ0n) is 7.80. The third-order valence-electron chi connectivity index (χ3n) is 2.09. The lowest BCUT2D eigenvalue weighted by atomic mass is 10.0. The van der Waals surface area contributed by atoms with Crippen LogP contribution in [0.1, 0.15) is 25.7 Å². The van der Waals surface area contributed by atoms with Crippen LogP contribution in [0.2, 0.25) is 0 Å². The SMILES string of the molecule is CN=CC(F)(F)CC1CCCCO1. The Balaban J connectivity index is 2.36. The quantitative estimate of drug-likeness (QED) is 0.627. The van der Waals surface area contributed by atoms with Gasteiger partial charge in [0.05, 0.1) is 12.3 Å². The Morgan fingerprint density at radius 1 is 1.54 bits per heavy atom. The second kappa shape index (κ2) is 4.65. The van der Waals surface area contributed by atoms with Gasteiger partial charge in [-0.05, 0) is 19.3 Å². The van der Waals surface area contributed by atoms with Crippen LogP contribution in [0.5, 0.6) is 0 Å². The summed E-state index contributed by atoms with van der Waals surface area (Å²) in [5.41, 5.74) is 0. The molecule has 1 heterocycles. The summed E-state index contributed by atoms with van der Waals surface area (Å²) in [4.78, 5) is 3.34. The molecule has 0 saturated carbocycles. The van der Waals surface area contributed by atoms with Crippen LogP contribution in [-0.4, -0.2) is 31.9 Å². The molecule has 0 bridgehead atoms. The fourth-order valence-corrected chi connectivity index (χ4v) is 1.51. The third kappa shape index (κ3) is 3.81. The van der Waals surface area contributed by atoms with Crippen molar-refractivity contribution < 1.29 is 13.5 Å². The van der Waals surface area contributed by atoms with Crippen LogP contribution >= 0.6 is 0 Å². The molecule has 0 aromatic rings. The molecule has 13 heavy (non-hydrogen) atoms. The maximum absolute atomic E-state index is 13.0. The maximum Gasteiger partial charge on any atom is 0.285 e. The Morgan fingerprint density at radius 3 is 2.85 bits per heavy atom. The molecule has 0 aliphatic carbocycles. The van der Waals surface area contributed by atoms with Crippen molar-refractivity contribution in [3.05, 3.63) is 0 Å². The van der Waals surface area contributed by atoms with E-state index in [1.807, 2.05) is 0 Å². The topological polar surface area (TPSA) is 21.6 Å². The average molecular weight is 191 g/mol. The number of nitrogens with zero attached hydrogens (tertiary/aromatic N) is 1. The first-order chi connectivity index (χ1) is 6.14. The predicted octanol–water partition coefficient (Wildman–Crippen LogP) is 2.28. The van der Waals surface area contributed by atoms with Crippen molar-refractivity contribution >= 4 is 6.21 Å². The minimum Gasteiger partial charge on any atom is -0.378 e. The van der Waals surface area contributed by atoms with E-state index in [0.29, 0.717) is 12.8 Å². The minimum absolute atomic E-state index is 0.232. The molecule has 0 N–H and O–H groups in total. The van der Waals surface area contributed by atoms with E-state index in [1.165, 1.54) is 7.05 Å². The first-order valence-corrected chi connectivity index (χ1v) is 4.57. The number of hydrogen-bond acceptors (Lipinski definition) is 2. The summed E-state index contributed by atoms with van der Waals surface area (Å²) in [6.45, 7) is 0.615. The maximum atomic E-state index is 13.0. The van der Waals surface area contributed by atoms with Crippen LogP contribution in [0.4, 0.5) is 8.78 Å². The van der Waals surface area contributed by atoms with Gasteiger partial charge in [0.15, 0.2) is 0 Å². The normalized spacial score (nSPS) is 25.3. The van der Waals surface area contributed by atoms with Gasteiger partial charge >= 0.3 is 0 Å². The second-order valence-electron chi connectivity index (χ2n) is 3.34. The van der Waals surface area contributed by atoms with Crippen molar-refractivity contribution in [3.63, 3.8) is 0 Å². The van der Waals surface area contributed by atoms with Crippen LogP contribution in [-0.2, 0) is 4.74 Å². The van der Waals surface area contributed by atoms with Gasteiger partial charge < -0.3 is 4.74 Å². The summed E-state index contributed by atoms with van der Waals surface area (Å²) >= 11 is 0. The Labute approximate surface area is 77.0 Å². The molecule has 0 radical (unpaired) electrons. The van der Waals surface area contributed by atoms with Crippen molar-refractivity contribution in [3.8, 4) is 0 Å². The van der Waals surface area contributed by atoms with Gasteiger partial charge in [-0.1, -0.05) is 0 Å². The van der Waals surface area contributed by atoms with Crippen molar-refractivity contribution in [2.24, 2.45) is 4.99 Å². The second-order valence-corrected chi connectivity index (χ2v) is 3.34. The van der Waals surface area contributed by atoms with Gasteiger partial charge in [-0.2, -0.15) is 0 Å². The summed E-state index contributed by atoms with van der Waals surface area (Å²) < 4.78 is 31.2. The van der Waals surface area contributed by atoms with Crippen LogP contribution in [0.3, 0.4) is 0 Å². The fraction of sp³-hybridized carbons (Fsp3) is 0.889. The molecule has 1 fully saturated rings. The number of ether oxygens (including phenoxy) is 1. The summed E-state index contributed by atoms with van der Waals surface area (Å²) in [6, 6.07) is 0. The average Bonchev–Trinajstić information content (AvgIpc) is 2.04. The first-order valence-electron chi connectivity index (χ1n) is 4.57. The highest BCUT2D eigenvalue weighted by Crippen LogP contribution is 2.25. The first kappa shape index (κ1) is 10.6. The molecule has 1 unspecified atom stereocenters. The van der Waals surface area contributed by atoms with E-state index in [2.05, 4.69) is 4.99 Å². The lowest BCUT2D eigenvalue weighted by molar-refractivity contribution is -0.0421. The van der Waals surface area contributed by atoms with Crippen LogP contribution < -0.4 is 0 Å². The molecule has 1 rings (SSSR count). The predicted molar refractivity (Wildman–Crippen MR) is 47.6 cm³/mol. The van der Waals surface area contributed by atoms with Crippen LogP contribution in [0, 0.1) is 0 Å². The van der Waals surface area contributed by atoms with Gasteiger partial charge in [-0.3, -0.25) is 4.99 Å². The largest absolute Gasteiger partial charge is 0.378 e. The van der Waals surface area contributed by atoms with Crippen molar-refractivity contribution in [1.82, 2.24) is 0 Å². The molecular formula is C9H15F2NO. The molecule has 76 valence electrons. The van der Waals surface area contributed by atoms with Gasteiger partial charge in [0, 0.05) is 20.1 Å². The minimum atomic E-state index is -2.81. The lowest BCUT2D eigenvalue weighted by Crippen LogP contribution is -2.29. The van der Waals surface area contributed by atoms with Crippen LogP contribution in [0.15, 0.2) is 4.99 Å². The Morgan fingerprint density at radius 2 is 2.31 bits per heavy atom. The van der Waals surface area contributed by atoms with E-state index in [-0.39, 0.29) is 12.5 Å². The van der Waals surface area contributed by atoms with Gasteiger partial charge in [0.2, 0.25) is 0 Å². The Hall–Kier alpha value is -0.510. The van der Waals surface area contributed by atoms with E-state index in [0.717, 1.165) is 19.3 Å². The molecule has 1 atom stereocenters. The summed E-state index contributed by atoms with van der Waals surface area (Å²) in [7, 11) is 1.36. The van der Waals surface area contributed by atoms with Gasteiger partial charge in [-0.15, -0.1) is 0 Å². The van der Waals surface area contributed by atoms with Gasteiger partial charge in [0.1, 0.15) is 0 Å². The molecule has 0 amide bonds. The van der Waals surface area contributed by atoms with Gasteiger partial charge in [0.25, 0.3) is 5.92 Å². The molecule has 2 nitrogen and oxygen atoms in total. The highest BCUT2D eigenvalue weighted by Gasteiger charge is 2.31. The third-order valence-corrected chi connectivity index (χ3v) is 2.09. The fourth-order valence-electron chi connectivity index (χ4n) is 1.51. The standard InChI is InChI=1S/C9H15F2NO/c1-12-7-9(10,11)6-8-4-2-3-5-13-8/h7-8H,2-6H2,1H3. The molecular weight excluding hydrogens is 176 g/mol. The molecule has 1 aliphatic rings. The summed E-state index contributed by atoms with van der Waals surface area (Å²) in [5, 5.41) is 0. The zero-order chi connectivity index (χ0) is 9.73. The molecule has 4 heteroatoms. The zero-order valence-corrected chi connectivity index (χ0v) is 7.80. The van der Waals surface area contributed by atoms with E-state index < -0.39 is 5.92 Å². The van der Waals surface area contributed by atoms with Gasteiger partial charge in [-0.25, -0.2) is 8.78 Å². The molecule has 1 saturated heterocycles.